The largest absolute Gasteiger partial charge is 0.358 e. The number of anilines is 2. The number of para-hydroxylation sites is 1. The molecule has 8 rings (SSSR count). The van der Waals surface area contributed by atoms with Gasteiger partial charge in [-0.05, 0) is 93.8 Å². The van der Waals surface area contributed by atoms with Crippen molar-refractivity contribution in [3.05, 3.63) is 217 Å². The van der Waals surface area contributed by atoms with Crippen molar-refractivity contribution in [2.75, 3.05) is 10.6 Å². The van der Waals surface area contributed by atoms with Crippen molar-refractivity contribution in [2.45, 2.75) is 31.6 Å². The van der Waals surface area contributed by atoms with Crippen LogP contribution in [-0.2, 0) is 5.41 Å². The Kier molecular flexibility index (Phi) is 9.29. The molecule has 52 heavy (non-hydrogen) atoms. The minimum atomic E-state index is -0.0187. The first-order valence-electron chi connectivity index (χ1n) is 18.4. The highest BCUT2D eigenvalue weighted by Crippen LogP contribution is 2.40. The summed E-state index contributed by atoms with van der Waals surface area (Å²) < 4.78 is 0. The molecule has 0 fully saturated rings. The zero-order chi connectivity index (χ0) is 35.3. The number of nitrogens with one attached hydrogen (secondary N) is 2. The van der Waals surface area contributed by atoms with Crippen LogP contribution in [0, 0.1) is 5.92 Å². The lowest BCUT2D eigenvalue weighted by molar-refractivity contribution is 0.597. The molecular formula is C50H44N2. The Morgan fingerprint density at radius 1 is 0.596 bits per heavy atom. The van der Waals surface area contributed by atoms with Crippen LogP contribution in [0.3, 0.4) is 0 Å². The maximum absolute atomic E-state index is 3.81. The molecule has 6 aromatic rings. The lowest BCUT2D eigenvalue weighted by Crippen LogP contribution is -2.21. The van der Waals surface area contributed by atoms with E-state index in [0.29, 0.717) is 5.92 Å². The van der Waals surface area contributed by atoms with Gasteiger partial charge in [-0.25, -0.2) is 0 Å². The van der Waals surface area contributed by atoms with E-state index in [1.165, 1.54) is 50.2 Å². The summed E-state index contributed by atoms with van der Waals surface area (Å²) in [6, 6.07) is 56.8. The topological polar surface area (TPSA) is 24.1 Å². The third-order valence-corrected chi connectivity index (χ3v) is 10.6. The lowest BCUT2D eigenvalue weighted by Gasteiger charge is -2.29. The summed E-state index contributed by atoms with van der Waals surface area (Å²) in [5.41, 5.74) is 14.3. The molecule has 0 spiro atoms. The van der Waals surface area contributed by atoms with Crippen molar-refractivity contribution < 1.29 is 0 Å². The van der Waals surface area contributed by atoms with E-state index in [4.69, 9.17) is 0 Å². The molecule has 0 saturated carbocycles. The lowest BCUT2D eigenvalue weighted by atomic mass is 9.77. The normalized spacial score (nSPS) is 19.4. The van der Waals surface area contributed by atoms with E-state index < -0.39 is 0 Å². The van der Waals surface area contributed by atoms with Crippen LogP contribution in [0.25, 0.3) is 33.4 Å². The van der Waals surface area contributed by atoms with Crippen molar-refractivity contribution in [1.29, 1.82) is 0 Å². The molecule has 0 aliphatic heterocycles. The van der Waals surface area contributed by atoms with Crippen LogP contribution in [0.5, 0.6) is 0 Å². The van der Waals surface area contributed by atoms with Crippen molar-refractivity contribution in [3.8, 4) is 33.4 Å². The fourth-order valence-electron chi connectivity index (χ4n) is 7.62. The summed E-state index contributed by atoms with van der Waals surface area (Å²) in [7, 11) is 0. The van der Waals surface area contributed by atoms with Gasteiger partial charge in [0.2, 0.25) is 0 Å². The van der Waals surface area contributed by atoms with E-state index in [0.717, 1.165) is 23.5 Å². The molecule has 0 radical (unpaired) electrons. The summed E-state index contributed by atoms with van der Waals surface area (Å²) in [5.74, 6) is 0.591. The maximum Gasteiger partial charge on any atom is 0.0464 e. The Morgan fingerprint density at radius 3 is 2.00 bits per heavy atom. The van der Waals surface area contributed by atoms with Crippen LogP contribution in [-0.4, -0.2) is 0 Å². The van der Waals surface area contributed by atoms with Gasteiger partial charge in [-0.3, -0.25) is 0 Å². The van der Waals surface area contributed by atoms with Gasteiger partial charge in [-0.15, -0.1) is 0 Å². The van der Waals surface area contributed by atoms with Crippen LogP contribution in [0.2, 0.25) is 0 Å². The van der Waals surface area contributed by atoms with Crippen LogP contribution in [0.15, 0.2) is 206 Å². The van der Waals surface area contributed by atoms with Crippen LogP contribution in [0.4, 0.5) is 11.4 Å². The highest BCUT2D eigenvalue weighted by molar-refractivity contribution is 5.86. The number of rotatable bonds is 9. The van der Waals surface area contributed by atoms with E-state index in [9.17, 15) is 0 Å². The SMILES string of the molecule is CC1C=CC=C(Nc2ccccc2)C1c1cccc(-c2cccc(-c3cc(-c4ccccc4)ccc3NC3=CCC(C)(c4ccccc4)C=C3)c2)c1. The quantitative estimate of drug-likeness (QED) is 0.160. The molecule has 3 atom stereocenters. The van der Waals surface area contributed by atoms with Gasteiger partial charge in [-0.1, -0.05) is 166 Å². The van der Waals surface area contributed by atoms with Crippen molar-refractivity contribution in [3.63, 3.8) is 0 Å². The Bertz CT molecular complexity index is 2300. The minimum Gasteiger partial charge on any atom is -0.358 e. The van der Waals surface area contributed by atoms with Crippen molar-refractivity contribution >= 4 is 11.4 Å². The van der Waals surface area contributed by atoms with Crippen LogP contribution in [0.1, 0.15) is 37.3 Å². The molecular weight excluding hydrogens is 629 g/mol. The molecule has 2 nitrogen and oxygen atoms in total. The monoisotopic (exact) mass is 672 g/mol. The predicted molar refractivity (Wildman–Crippen MR) is 221 cm³/mol. The van der Waals surface area contributed by atoms with E-state index in [-0.39, 0.29) is 11.3 Å². The number of allylic oxidation sites excluding steroid dienone is 7. The van der Waals surface area contributed by atoms with Gasteiger partial charge in [0.15, 0.2) is 0 Å². The van der Waals surface area contributed by atoms with Gasteiger partial charge >= 0.3 is 0 Å². The standard InChI is InChI=1S/C50H44N2/c1-36-15-12-26-48(52-44-24-10-5-11-25-44)49(36)42-21-14-19-39(34-42)38-18-13-20-41(33-38)46-35-40(37-16-6-3-7-17-37)27-28-47(46)51-45-29-31-50(2,32-30-45)43-22-8-4-9-23-43/h3-31,33-36,49,51-52H,32H2,1-2H3. The average Bonchev–Trinajstić information content (AvgIpc) is 3.20. The highest BCUT2D eigenvalue weighted by atomic mass is 14.9. The Hall–Kier alpha value is -6.12. The molecule has 2 aliphatic rings. The van der Waals surface area contributed by atoms with Gasteiger partial charge < -0.3 is 10.6 Å². The highest BCUT2D eigenvalue weighted by Gasteiger charge is 2.26. The molecule has 0 bridgehead atoms. The second-order valence-corrected chi connectivity index (χ2v) is 14.3. The van der Waals surface area contributed by atoms with Gasteiger partial charge in [0.05, 0.1) is 0 Å². The summed E-state index contributed by atoms with van der Waals surface area (Å²) in [6.07, 6.45) is 14.6. The molecule has 0 amide bonds. The number of hydrogen-bond acceptors (Lipinski definition) is 2. The summed E-state index contributed by atoms with van der Waals surface area (Å²) in [6.45, 7) is 4.62. The molecule has 3 unspecified atom stereocenters. The number of hydrogen-bond donors (Lipinski definition) is 2. The molecule has 0 heterocycles. The predicted octanol–water partition coefficient (Wildman–Crippen LogP) is 13.2. The van der Waals surface area contributed by atoms with Crippen LogP contribution < -0.4 is 10.6 Å². The van der Waals surface area contributed by atoms with E-state index in [1.54, 1.807) is 0 Å². The molecule has 6 aromatic carbocycles. The molecule has 2 heteroatoms. The fraction of sp³-hybridized carbons (Fsp3) is 0.120. The first-order chi connectivity index (χ1) is 25.5. The maximum atomic E-state index is 3.81. The van der Waals surface area contributed by atoms with Gasteiger partial charge in [-0.2, -0.15) is 0 Å². The summed E-state index contributed by atoms with van der Waals surface area (Å²) >= 11 is 0. The van der Waals surface area contributed by atoms with Crippen molar-refractivity contribution in [2.24, 2.45) is 5.92 Å². The first kappa shape index (κ1) is 33.0. The third-order valence-electron chi connectivity index (χ3n) is 10.6. The first-order valence-corrected chi connectivity index (χ1v) is 18.4. The fourth-order valence-corrected chi connectivity index (χ4v) is 7.62. The molecule has 2 aliphatic carbocycles. The molecule has 0 saturated heterocycles. The second kappa shape index (κ2) is 14.6. The molecule has 0 aromatic heterocycles. The van der Waals surface area contributed by atoms with E-state index in [1.807, 2.05) is 0 Å². The minimum absolute atomic E-state index is 0.0187. The second-order valence-electron chi connectivity index (χ2n) is 14.3. The van der Waals surface area contributed by atoms with Crippen LogP contribution >= 0.6 is 0 Å². The third kappa shape index (κ3) is 7.06. The number of benzene rings is 6. The van der Waals surface area contributed by atoms with E-state index >= 15 is 0 Å². The summed E-state index contributed by atoms with van der Waals surface area (Å²) in [5, 5.41) is 7.53. The molecule has 254 valence electrons. The smallest absolute Gasteiger partial charge is 0.0464 e. The Labute approximate surface area is 308 Å². The summed E-state index contributed by atoms with van der Waals surface area (Å²) in [4.78, 5) is 0. The van der Waals surface area contributed by atoms with Gasteiger partial charge in [0, 0.05) is 39.7 Å². The van der Waals surface area contributed by atoms with Crippen molar-refractivity contribution in [1.82, 2.24) is 0 Å². The average molecular weight is 673 g/mol. The Morgan fingerprint density at radius 2 is 1.25 bits per heavy atom. The zero-order valence-corrected chi connectivity index (χ0v) is 29.8. The Balaban J connectivity index is 1.12. The van der Waals surface area contributed by atoms with Gasteiger partial charge in [0.25, 0.3) is 0 Å². The van der Waals surface area contributed by atoms with Gasteiger partial charge in [0.1, 0.15) is 0 Å². The molecule has 2 N–H and O–H groups in total. The zero-order valence-electron chi connectivity index (χ0n) is 29.8. The van der Waals surface area contributed by atoms with E-state index in [2.05, 4.69) is 219 Å².